The maximum atomic E-state index is 9.58. The Bertz CT molecular complexity index is 138. The third kappa shape index (κ3) is 9.48. The van der Waals surface area contributed by atoms with Gasteiger partial charge in [-0.1, -0.05) is 0 Å². The van der Waals surface area contributed by atoms with Crippen LogP contribution in [0.5, 0.6) is 0 Å². The third-order valence-corrected chi connectivity index (χ3v) is 0.632. The number of carbonyl (C=O) groups is 2. The van der Waals surface area contributed by atoms with Crippen LogP contribution in [0.1, 0.15) is 6.42 Å². The van der Waals surface area contributed by atoms with Gasteiger partial charge in [0.05, 0.1) is 12.1 Å². The van der Waals surface area contributed by atoms with E-state index in [2.05, 4.69) is 0 Å². The largest absolute Gasteiger partial charge is 2.00 e. The minimum atomic E-state index is -1.96. The number of rotatable bonds is 3. The molecule has 60 valence electrons. The van der Waals surface area contributed by atoms with Crippen molar-refractivity contribution in [3.8, 4) is 0 Å². The standard InChI is InChI=1S/C4H6O5.H3N.Zn/c5-2(4(8)9)1-3(6)7;;/h2,5H,1H2,(H,6,7)(H,8,9);1H3;/q;;+2/p-1. The average molecular weight is 216 g/mol. The zero-order valence-electron chi connectivity index (χ0n) is 6.07. The van der Waals surface area contributed by atoms with E-state index in [0.717, 1.165) is 0 Å². The van der Waals surface area contributed by atoms with E-state index >= 15 is 0 Å². The van der Waals surface area contributed by atoms with E-state index in [1.54, 1.807) is 0 Å². The van der Waals surface area contributed by atoms with Gasteiger partial charge in [-0.25, -0.2) is 0 Å². The molecule has 0 bridgehead atoms. The fraction of sp³-hybridized carbons (Fsp3) is 0.500. The van der Waals surface area contributed by atoms with Gasteiger partial charge in [0, 0.05) is 12.4 Å². The smallest absolute Gasteiger partial charge is 0.550 e. The Balaban J connectivity index is -0.000000320. The molecule has 0 amide bonds. The van der Waals surface area contributed by atoms with Crippen molar-refractivity contribution in [2.45, 2.75) is 12.5 Å². The summed E-state index contributed by atoms with van der Waals surface area (Å²) in [5, 5.41) is 27.3. The molecule has 0 aliphatic carbocycles. The van der Waals surface area contributed by atoms with Gasteiger partial charge >= 0.3 is 19.5 Å². The van der Waals surface area contributed by atoms with Crippen molar-refractivity contribution < 1.29 is 44.4 Å². The average Bonchev–Trinajstić information content (AvgIpc) is 1.63. The first-order chi connectivity index (χ1) is 4.04. The molecule has 0 aliphatic heterocycles. The molecule has 0 saturated carbocycles. The summed E-state index contributed by atoms with van der Waals surface area (Å²) in [4.78, 5) is 19.1. The first-order valence-electron chi connectivity index (χ1n) is 2.13. The molecule has 1 unspecified atom stereocenters. The summed E-state index contributed by atoms with van der Waals surface area (Å²) < 4.78 is 0. The molecule has 0 rings (SSSR count). The maximum Gasteiger partial charge on any atom is 2.00 e. The van der Waals surface area contributed by atoms with Crippen LogP contribution in [0.4, 0.5) is 0 Å². The second-order valence-corrected chi connectivity index (χ2v) is 1.41. The molecule has 0 aromatic rings. The quantitative estimate of drug-likeness (QED) is 0.473. The summed E-state index contributed by atoms with van der Waals surface area (Å²) in [6.07, 6.45) is -2.89. The van der Waals surface area contributed by atoms with E-state index in [1.807, 2.05) is 0 Å². The van der Waals surface area contributed by atoms with Gasteiger partial charge in [0.2, 0.25) is 0 Å². The van der Waals surface area contributed by atoms with Crippen molar-refractivity contribution in [2.24, 2.45) is 0 Å². The molecule has 0 spiro atoms. The Labute approximate surface area is 75.6 Å². The number of carboxylic acid groups (broad SMARTS) is 2. The van der Waals surface area contributed by atoms with E-state index in [4.69, 9.17) is 5.11 Å². The normalized spacial score (nSPS) is 10.3. The minimum Gasteiger partial charge on any atom is -0.550 e. The molecule has 0 aromatic carbocycles. The number of hydrogen-bond donors (Lipinski definition) is 2. The topological polar surface area (TPSA) is 137 Å². The third-order valence-electron chi connectivity index (χ3n) is 0.632. The fourth-order valence-electron chi connectivity index (χ4n) is 0.241. The van der Waals surface area contributed by atoms with Crippen molar-refractivity contribution in [2.75, 3.05) is 0 Å². The fourth-order valence-corrected chi connectivity index (χ4v) is 0.241. The van der Waals surface area contributed by atoms with Crippen LogP contribution < -0.4 is 16.4 Å². The first-order valence-corrected chi connectivity index (χ1v) is 2.13. The van der Waals surface area contributed by atoms with Crippen LogP contribution in [0.25, 0.3) is 0 Å². The Hall–Kier alpha value is -0.517. The summed E-state index contributed by atoms with van der Waals surface area (Å²) in [5.74, 6) is -3.43. The van der Waals surface area contributed by atoms with Crippen LogP contribution in [0.3, 0.4) is 0 Å². The van der Waals surface area contributed by atoms with E-state index in [1.165, 1.54) is 0 Å². The summed E-state index contributed by atoms with van der Waals surface area (Å²) >= 11 is 0. The van der Waals surface area contributed by atoms with Crippen molar-refractivity contribution in [3.05, 3.63) is 0 Å². The molecule has 6 nitrogen and oxygen atoms in total. The van der Waals surface area contributed by atoms with Gasteiger partial charge in [0.25, 0.3) is 0 Å². The van der Waals surface area contributed by atoms with E-state index in [9.17, 15) is 19.8 Å². The Morgan fingerprint density at radius 1 is 1.36 bits per heavy atom. The molecule has 0 fully saturated rings. The Morgan fingerprint density at radius 2 is 1.73 bits per heavy atom. The molecule has 0 saturated heterocycles. The van der Waals surface area contributed by atoms with Gasteiger partial charge in [-0.3, -0.25) is 0 Å². The van der Waals surface area contributed by atoms with E-state index in [-0.39, 0.29) is 25.6 Å². The second kappa shape index (κ2) is 7.59. The van der Waals surface area contributed by atoms with Gasteiger partial charge in [0.1, 0.15) is 0 Å². The van der Waals surface area contributed by atoms with Gasteiger partial charge < -0.3 is 31.1 Å². The molecular weight excluding hydrogens is 207 g/mol. The number of aliphatic carboxylic acids is 2. The predicted molar refractivity (Wildman–Crippen MR) is 26.6 cm³/mol. The van der Waals surface area contributed by atoms with Gasteiger partial charge in [-0.2, -0.15) is 0 Å². The van der Waals surface area contributed by atoms with E-state index < -0.39 is 24.5 Å². The van der Waals surface area contributed by atoms with Crippen LogP contribution in [-0.4, -0.2) is 23.1 Å². The second-order valence-electron chi connectivity index (χ2n) is 1.41. The predicted octanol–water partition coefficient (Wildman–Crippen LogP) is -3.39. The molecule has 0 radical (unpaired) electrons. The van der Waals surface area contributed by atoms with Crippen LogP contribution in [0, 0.1) is 0 Å². The number of hydrogen-bond acceptors (Lipinski definition) is 5. The first kappa shape index (κ1) is 16.8. The van der Waals surface area contributed by atoms with E-state index in [0.29, 0.717) is 0 Å². The SMILES string of the molecule is O=C([O-])CC(O)C(=O)[O-].[NH4+].[Zn+2]. The zero-order valence-corrected chi connectivity index (χ0v) is 9.04. The van der Waals surface area contributed by atoms with Crippen LogP contribution in [-0.2, 0) is 29.1 Å². The van der Waals surface area contributed by atoms with Crippen molar-refractivity contribution >= 4 is 11.9 Å². The van der Waals surface area contributed by atoms with Crippen LogP contribution in [0.2, 0.25) is 0 Å². The molecule has 11 heavy (non-hydrogen) atoms. The monoisotopic (exact) mass is 214 g/mol. The van der Waals surface area contributed by atoms with Crippen LogP contribution >= 0.6 is 0 Å². The molecule has 0 aromatic heterocycles. The van der Waals surface area contributed by atoms with Crippen molar-refractivity contribution in [1.29, 1.82) is 0 Å². The van der Waals surface area contributed by atoms with Crippen LogP contribution in [0.15, 0.2) is 0 Å². The zero-order chi connectivity index (χ0) is 7.44. The number of quaternary nitrogens is 1. The molecular formula is C4H8NO5Zn+. The number of carboxylic acids is 2. The van der Waals surface area contributed by atoms with Gasteiger partial charge in [-0.15, -0.1) is 0 Å². The Kier molecular flexibility index (Phi) is 11.6. The summed E-state index contributed by atoms with van der Waals surface area (Å²) in [6.45, 7) is 0. The summed E-state index contributed by atoms with van der Waals surface area (Å²) in [7, 11) is 0. The molecule has 7 heteroatoms. The summed E-state index contributed by atoms with van der Waals surface area (Å²) in [6, 6.07) is 0. The number of aliphatic hydroxyl groups excluding tert-OH is 1. The molecule has 0 aliphatic rings. The number of carbonyl (C=O) groups excluding carboxylic acids is 2. The number of aliphatic hydroxyl groups is 1. The Morgan fingerprint density at radius 3 is 1.82 bits per heavy atom. The van der Waals surface area contributed by atoms with Gasteiger partial charge in [0.15, 0.2) is 0 Å². The molecule has 1 atom stereocenters. The molecule has 5 N–H and O–H groups in total. The van der Waals surface area contributed by atoms with Gasteiger partial charge in [-0.05, 0) is 0 Å². The van der Waals surface area contributed by atoms with Crippen molar-refractivity contribution in [3.63, 3.8) is 0 Å². The molecule has 0 heterocycles. The van der Waals surface area contributed by atoms with Crippen molar-refractivity contribution in [1.82, 2.24) is 6.15 Å². The maximum absolute atomic E-state index is 9.58. The minimum absolute atomic E-state index is 0. The summed E-state index contributed by atoms with van der Waals surface area (Å²) in [5.41, 5.74) is 0.